The van der Waals surface area contributed by atoms with Gasteiger partial charge in [0.2, 0.25) is 0 Å². The molecule has 0 bridgehead atoms. The third-order valence-electron chi connectivity index (χ3n) is 3.17. The first kappa shape index (κ1) is 15.9. The van der Waals surface area contributed by atoms with Crippen molar-refractivity contribution >= 4 is 11.4 Å². The summed E-state index contributed by atoms with van der Waals surface area (Å²) >= 11 is 0. The summed E-state index contributed by atoms with van der Waals surface area (Å²) in [5, 5.41) is 1.52. The van der Waals surface area contributed by atoms with E-state index in [0.29, 0.717) is 5.70 Å². The van der Waals surface area contributed by atoms with E-state index in [1.54, 1.807) is 6.20 Å². The molecule has 2 aromatic carbocycles. The van der Waals surface area contributed by atoms with Crippen LogP contribution in [0.5, 0.6) is 5.75 Å². The van der Waals surface area contributed by atoms with Crippen molar-refractivity contribution in [2.75, 3.05) is 5.01 Å². The Bertz CT molecular complexity index is 630. The molecular weight excluding hydrogens is 274 g/mol. The van der Waals surface area contributed by atoms with Gasteiger partial charge in [-0.15, -0.1) is 0 Å². The summed E-state index contributed by atoms with van der Waals surface area (Å²) in [7, 11) is 0. The summed E-state index contributed by atoms with van der Waals surface area (Å²) in [6.45, 7) is 6.03. The minimum atomic E-state index is 0.153. The van der Waals surface area contributed by atoms with Crippen LogP contribution in [0.25, 0.3) is 5.70 Å². The van der Waals surface area contributed by atoms with Gasteiger partial charge in [-0.2, -0.15) is 0 Å². The first-order valence-corrected chi connectivity index (χ1v) is 7.30. The summed E-state index contributed by atoms with van der Waals surface area (Å²) in [5.74, 6) is 6.86. The summed E-state index contributed by atoms with van der Waals surface area (Å²) in [6, 6.07) is 15.6. The topological polar surface area (TPSA) is 64.5 Å². The molecule has 0 amide bonds. The third-order valence-corrected chi connectivity index (χ3v) is 3.17. The van der Waals surface area contributed by atoms with Crippen LogP contribution in [0.3, 0.4) is 0 Å². The van der Waals surface area contributed by atoms with Crippen LogP contribution in [0, 0.1) is 6.92 Å². The molecule has 4 nitrogen and oxygen atoms in total. The lowest BCUT2D eigenvalue weighted by Gasteiger charge is -2.16. The monoisotopic (exact) mass is 297 g/mol. The second-order valence-electron chi connectivity index (χ2n) is 5.52. The fraction of sp³-hybridized carbons (Fsp3) is 0.222. The Kier molecular flexibility index (Phi) is 5.07. The van der Waals surface area contributed by atoms with Crippen molar-refractivity contribution in [2.24, 2.45) is 11.6 Å². The SMILES string of the molecule is Cc1ccc(N(N)/C=C(\N)c2ccc(OC(C)C)cc2)cc1. The minimum Gasteiger partial charge on any atom is -0.491 e. The molecule has 0 aromatic heterocycles. The highest BCUT2D eigenvalue weighted by atomic mass is 16.5. The molecule has 0 spiro atoms. The van der Waals surface area contributed by atoms with Gasteiger partial charge in [-0.3, -0.25) is 5.01 Å². The molecule has 0 radical (unpaired) electrons. The molecule has 116 valence electrons. The van der Waals surface area contributed by atoms with Crippen molar-refractivity contribution in [1.29, 1.82) is 0 Å². The number of rotatable bonds is 5. The van der Waals surface area contributed by atoms with Gasteiger partial charge in [0.05, 0.1) is 17.5 Å². The molecule has 22 heavy (non-hydrogen) atoms. The lowest BCUT2D eigenvalue weighted by molar-refractivity contribution is 0.242. The molecule has 0 aliphatic carbocycles. The highest BCUT2D eigenvalue weighted by molar-refractivity contribution is 5.66. The lowest BCUT2D eigenvalue weighted by Crippen LogP contribution is -2.25. The van der Waals surface area contributed by atoms with Crippen LogP contribution in [0.4, 0.5) is 5.69 Å². The molecule has 2 aromatic rings. The molecule has 0 saturated carbocycles. The number of hydrazine groups is 1. The molecule has 4 N–H and O–H groups in total. The molecule has 4 heteroatoms. The van der Waals surface area contributed by atoms with Crippen molar-refractivity contribution in [1.82, 2.24) is 0 Å². The average molecular weight is 297 g/mol. The summed E-state index contributed by atoms with van der Waals surface area (Å²) in [4.78, 5) is 0. The average Bonchev–Trinajstić information content (AvgIpc) is 2.48. The van der Waals surface area contributed by atoms with Crippen LogP contribution < -0.4 is 21.3 Å². The Morgan fingerprint density at radius 1 is 1.05 bits per heavy atom. The molecule has 0 aliphatic rings. The molecular formula is C18H23N3O. The summed E-state index contributed by atoms with van der Waals surface area (Å²) < 4.78 is 5.62. The molecule has 0 heterocycles. The second-order valence-corrected chi connectivity index (χ2v) is 5.52. The third kappa shape index (κ3) is 4.27. The van der Waals surface area contributed by atoms with Gasteiger partial charge < -0.3 is 10.5 Å². The van der Waals surface area contributed by atoms with E-state index in [1.165, 1.54) is 10.6 Å². The van der Waals surface area contributed by atoms with Crippen LogP contribution >= 0.6 is 0 Å². The maximum Gasteiger partial charge on any atom is 0.119 e. The van der Waals surface area contributed by atoms with E-state index >= 15 is 0 Å². The van der Waals surface area contributed by atoms with Gasteiger partial charge in [-0.25, -0.2) is 5.84 Å². The Morgan fingerprint density at radius 3 is 2.18 bits per heavy atom. The van der Waals surface area contributed by atoms with Crippen LogP contribution in [0.2, 0.25) is 0 Å². The van der Waals surface area contributed by atoms with Crippen LogP contribution in [-0.4, -0.2) is 6.10 Å². The first-order valence-electron chi connectivity index (χ1n) is 7.30. The van der Waals surface area contributed by atoms with Gasteiger partial charge in [-0.1, -0.05) is 17.7 Å². The Labute approximate surface area is 132 Å². The number of ether oxygens (including phenoxy) is 1. The Balaban J connectivity index is 2.12. The van der Waals surface area contributed by atoms with Gasteiger partial charge in [-0.05, 0) is 62.7 Å². The van der Waals surface area contributed by atoms with Gasteiger partial charge >= 0.3 is 0 Å². The van der Waals surface area contributed by atoms with E-state index in [9.17, 15) is 0 Å². The molecule has 0 atom stereocenters. The first-order chi connectivity index (χ1) is 10.5. The van der Waals surface area contributed by atoms with Crippen LogP contribution in [0.15, 0.2) is 54.7 Å². The van der Waals surface area contributed by atoms with Crippen LogP contribution in [0.1, 0.15) is 25.0 Å². The number of hydrogen-bond acceptors (Lipinski definition) is 4. The molecule has 0 aliphatic heterocycles. The van der Waals surface area contributed by atoms with Gasteiger partial charge in [0.1, 0.15) is 5.75 Å². The summed E-state index contributed by atoms with van der Waals surface area (Å²) in [6.07, 6.45) is 1.86. The maximum atomic E-state index is 6.11. The van der Waals surface area contributed by atoms with E-state index in [4.69, 9.17) is 16.3 Å². The molecule has 0 fully saturated rings. The van der Waals surface area contributed by atoms with E-state index in [2.05, 4.69) is 0 Å². The predicted molar refractivity (Wildman–Crippen MR) is 92.2 cm³/mol. The van der Waals surface area contributed by atoms with E-state index in [1.807, 2.05) is 69.3 Å². The minimum absolute atomic E-state index is 0.153. The van der Waals surface area contributed by atoms with E-state index in [-0.39, 0.29) is 6.10 Å². The van der Waals surface area contributed by atoms with Gasteiger partial charge in [0.15, 0.2) is 0 Å². The fourth-order valence-electron chi connectivity index (χ4n) is 2.01. The number of nitrogens with zero attached hydrogens (tertiary/aromatic N) is 1. The smallest absolute Gasteiger partial charge is 0.119 e. The second kappa shape index (κ2) is 7.00. The van der Waals surface area contributed by atoms with Gasteiger partial charge in [0.25, 0.3) is 0 Å². The van der Waals surface area contributed by atoms with Crippen molar-refractivity contribution in [2.45, 2.75) is 26.9 Å². The zero-order valence-corrected chi connectivity index (χ0v) is 13.3. The standard InChI is InChI=1S/C18H23N3O/c1-13(2)22-17-10-6-15(7-11-17)18(19)12-21(20)16-8-4-14(3)5-9-16/h4-13H,19-20H2,1-3H3/b18-12-. The van der Waals surface area contributed by atoms with Crippen LogP contribution in [-0.2, 0) is 0 Å². The van der Waals surface area contributed by atoms with E-state index in [0.717, 1.165) is 17.0 Å². The normalized spacial score (nSPS) is 11.6. The zero-order chi connectivity index (χ0) is 16.1. The number of benzene rings is 2. The Hall–Kier alpha value is -2.46. The zero-order valence-electron chi connectivity index (χ0n) is 13.3. The summed E-state index contributed by atoms with van der Waals surface area (Å²) in [5.41, 5.74) is 9.68. The van der Waals surface area contributed by atoms with Gasteiger partial charge in [0, 0.05) is 6.20 Å². The number of hydrogen-bond donors (Lipinski definition) is 2. The fourth-order valence-corrected chi connectivity index (χ4v) is 2.01. The van der Waals surface area contributed by atoms with Crippen molar-refractivity contribution in [3.63, 3.8) is 0 Å². The lowest BCUT2D eigenvalue weighted by atomic mass is 10.1. The van der Waals surface area contributed by atoms with E-state index < -0.39 is 0 Å². The predicted octanol–water partition coefficient (Wildman–Crippen LogP) is 3.42. The van der Waals surface area contributed by atoms with Crippen molar-refractivity contribution < 1.29 is 4.74 Å². The highest BCUT2D eigenvalue weighted by Gasteiger charge is 2.03. The number of aryl methyl sites for hydroxylation is 1. The number of anilines is 1. The largest absolute Gasteiger partial charge is 0.491 e. The van der Waals surface area contributed by atoms with Crippen molar-refractivity contribution in [3.8, 4) is 5.75 Å². The highest BCUT2D eigenvalue weighted by Crippen LogP contribution is 2.19. The maximum absolute atomic E-state index is 6.11. The number of nitrogens with two attached hydrogens (primary N) is 2. The van der Waals surface area contributed by atoms with Crippen molar-refractivity contribution in [3.05, 3.63) is 65.9 Å². The Morgan fingerprint density at radius 2 is 1.64 bits per heavy atom. The molecule has 2 rings (SSSR count). The molecule has 0 saturated heterocycles. The quantitative estimate of drug-likeness (QED) is 0.655. The molecule has 0 unspecified atom stereocenters.